The lowest BCUT2D eigenvalue weighted by Gasteiger charge is -2.20. The molecule has 0 spiro atoms. The highest BCUT2D eigenvalue weighted by atomic mass is 19.1. The fourth-order valence-electron chi connectivity index (χ4n) is 0.983. The maximum Gasteiger partial charge on any atom is 0.208 e. The number of nitrogens with one attached hydrogen (secondary N) is 1. The number of nitrogens with zero attached hydrogens (tertiary/aromatic N) is 2. The highest BCUT2D eigenvalue weighted by molar-refractivity contribution is 5.51. The Morgan fingerprint density at radius 3 is 2.93 bits per heavy atom. The first kappa shape index (κ1) is 10.1. The molecule has 0 fully saturated rings. The number of hydrogen-bond acceptors (Lipinski definition) is 3. The van der Waals surface area contributed by atoms with E-state index >= 15 is 0 Å². The molecule has 1 heterocycles. The van der Waals surface area contributed by atoms with Crippen molar-refractivity contribution in [1.82, 2.24) is 10.3 Å². The Balaban J connectivity index is 3.13. The van der Waals surface area contributed by atoms with Gasteiger partial charge in [-0.15, -0.1) is 0 Å². The van der Waals surface area contributed by atoms with Crippen LogP contribution < -0.4 is 5.32 Å². The van der Waals surface area contributed by atoms with Gasteiger partial charge in [-0.3, -0.25) is 9.78 Å². The van der Waals surface area contributed by atoms with Gasteiger partial charge in [0.2, 0.25) is 6.41 Å². The van der Waals surface area contributed by atoms with Crippen molar-refractivity contribution in [1.29, 1.82) is 5.26 Å². The van der Waals surface area contributed by atoms with Crippen LogP contribution in [-0.2, 0) is 10.3 Å². The number of nitriles is 1. The Bertz CT molecular complexity index is 388. The number of pyridine rings is 1. The summed E-state index contributed by atoms with van der Waals surface area (Å²) in [6, 6.07) is 3.03. The molecule has 1 N–H and O–H groups in total. The third-order valence-corrected chi connectivity index (χ3v) is 1.85. The van der Waals surface area contributed by atoms with Crippen molar-refractivity contribution in [3.8, 4) is 6.07 Å². The van der Waals surface area contributed by atoms with Gasteiger partial charge in [0.15, 0.2) is 5.54 Å². The van der Waals surface area contributed by atoms with Gasteiger partial charge >= 0.3 is 0 Å². The summed E-state index contributed by atoms with van der Waals surface area (Å²) in [4.78, 5) is 13.9. The third kappa shape index (κ3) is 1.85. The molecule has 0 saturated carbocycles. The van der Waals surface area contributed by atoms with E-state index in [0.29, 0.717) is 12.0 Å². The van der Waals surface area contributed by atoms with E-state index < -0.39 is 11.4 Å². The minimum Gasteiger partial charge on any atom is -0.337 e. The van der Waals surface area contributed by atoms with Crippen LogP contribution in [0, 0.1) is 17.1 Å². The molecule has 0 radical (unpaired) electrons. The Morgan fingerprint density at radius 1 is 1.71 bits per heavy atom. The number of aromatic nitrogens is 1. The molecule has 72 valence electrons. The van der Waals surface area contributed by atoms with Gasteiger partial charge in [-0.1, -0.05) is 0 Å². The van der Waals surface area contributed by atoms with Crippen LogP contribution >= 0.6 is 0 Å². The van der Waals surface area contributed by atoms with E-state index in [4.69, 9.17) is 5.26 Å². The SMILES string of the molecule is CC(C#N)(NC=O)c1cncc(F)c1. The fraction of sp³-hybridized carbons (Fsp3) is 0.222. The second-order valence-corrected chi connectivity index (χ2v) is 2.89. The number of halogens is 1. The topological polar surface area (TPSA) is 65.8 Å². The van der Waals surface area contributed by atoms with Crippen molar-refractivity contribution < 1.29 is 9.18 Å². The van der Waals surface area contributed by atoms with Crippen LogP contribution in [0.4, 0.5) is 4.39 Å². The molecule has 0 aliphatic heterocycles. The van der Waals surface area contributed by atoms with Crippen molar-refractivity contribution in [2.24, 2.45) is 0 Å². The third-order valence-electron chi connectivity index (χ3n) is 1.85. The molecule has 4 nitrogen and oxygen atoms in total. The first-order valence-corrected chi connectivity index (χ1v) is 3.86. The molecule has 14 heavy (non-hydrogen) atoms. The second kappa shape index (κ2) is 3.83. The summed E-state index contributed by atoms with van der Waals surface area (Å²) < 4.78 is 12.8. The van der Waals surface area contributed by atoms with E-state index in [-0.39, 0.29) is 0 Å². The molecule has 0 bridgehead atoms. The molecule has 0 aliphatic rings. The van der Waals surface area contributed by atoms with Gasteiger partial charge < -0.3 is 5.32 Å². The van der Waals surface area contributed by atoms with Gasteiger partial charge in [0.1, 0.15) is 5.82 Å². The van der Waals surface area contributed by atoms with Gasteiger partial charge in [0.05, 0.1) is 12.3 Å². The van der Waals surface area contributed by atoms with Gasteiger partial charge in [0, 0.05) is 11.8 Å². The summed E-state index contributed by atoms with van der Waals surface area (Å²) in [7, 11) is 0. The molecule has 1 aromatic rings. The lowest BCUT2D eigenvalue weighted by atomic mass is 9.96. The van der Waals surface area contributed by atoms with Crippen molar-refractivity contribution in [2.75, 3.05) is 0 Å². The van der Waals surface area contributed by atoms with Crippen molar-refractivity contribution >= 4 is 6.41 Å². The largest absolute Gasteiger partial charge is 0.337 e. The van der Waals surface area contributed by atoms with Crippen LogP contribution in [0.2, 0.25) is 0 Å². The first-order chi connectivity index (χ1) is 6.62. The molecular formula is C9H8FN3O. The quantitative estimate of drug-likeness (QED) is 0.719. The Hall–Kier alpha value is -1.96. The molecule has 0 aliphatic carbocycles. The summed E-state index contributed by atoms with van der Waals surface area (Å²) in [5.41, 5.74) is -0.927. The van der Waals surface area contributed by atoms with Gasteiger partial charge in [-0.25, -0.2) is 4.39 Å². The van der Waals surface area contributed by atoms with Crippen molar-refractivity contribution in [2.45, 2.75) is 12.5 Å². The van der Waals surface area contributed by atoms with E-state index in [2.05, 4.69) is 10.3 Å². The van der Waals surface area contributed by atoms with Gasteiger partial charge in [-0.2, -0.15) is 5.26 Å². The minimum absolute atomic E-state index is 0.312. The Morgan fingerprint density at radius 2 is 2.43 bits per heavy atom. The highest BCUT2D eigenvalue weighted by Crippen LogP contribution is 2.18. The second-order valence-electron chi connectivity index (χ2n) is 2.89. The molecule has 1 rings (SSSR count). The van der Waals surface area contributed by atoms with Crippen LogP contribution in [0.3, 0.4) is 0 Å². The predicted octanol–water partition coefficient (Wildman–Crippen LogP) is 0.705. The summed E-state index contributed by atoms with van der Waals surface area (Å²) >= 11 is 0. The molecule has 5 heteroatoms. The number of amides is 1. The number of rotatable bonds is 3. The number of hydrogen-bond donors (Lipinski definition) is 1. The smallest absolute Gasteiger partial charge is 0.208 e. The fourth-order valence-corrected chi connectivity index (χ4v) is 0.983. The van der Waals surface area contributed by atoms with E-state index in [1.807, 2.05) is 6.07 Å². The maximum absolute atomic E-state index is 12.8. The molecular weight excluding hydrogens is 185 g/mol. The summed E-state index contributed by atoms with van der Waals surface area (Å²) in [5.74, 6) is -0.545. The Kier molecular flexibility index (Phi) is 2.77. The monoisotopic (exact) mass is 193 g/mol. The van der Waals surface area contributed by atoms with Crippen molar-refractivity contribution in [3.63, 3.8) is 0 Å². The number of carbonyl (C=O) groups excluding carboxylic acids is 1. The predicted molar refractivity (Wildman–Crippen MR) is 46.4 cm³/mol. The first-order valence-electron chi connectivity index (χ1n) is 3.86. The lowest BCUT2D eigenvalue weighted by Crippen LogP contribution is -2.37. The standard InChI is InChI=1S/C9H8FN3O/c1-9(5-11,13-6-14)7-2-8(10)4-12-3-7/h2-4,6H,1H3,(H,13,14). The normalized spacial score (nSPS) is 13.8. The zero-order valence-electron chi connectivity index (χ0n) is 7.49. The van der Waals surface area contributed by atoms with Gasteiger partial charge in [0.25, 0.3) is 0 Å². The van der Waals surface area contributed by atoms with E-state index in [0.717, 1.165) is 12.3 Å². The van der Waals surface area contributed by atoms with Crippen LogP contribution in [-0.4, -0.2) is 11.4 Å². The van der Waals surface area contributed by atoms with Crippen LogP contribution in [0.25, 0.3) is 0 Å². The number of carbonyl (C=O) groups is 1. The minimum atomic E-state index is -1.24. The summed E-state index contributed by atoms with van der Waals surface area (Å²) in [6.45, 7) is 1.47. The zero-order valence-corrected chi connectivity index (χ0v) is 7.49. The van der Waals surface area contributed by atoms with Crippen LogP contribution in [0.1, 0.15) is 12.5 Å². The van der Waals surface area contributed by atoms with Crippen LogP contribution in [0.15, 0.2) is 18.5 Å². The van der Waals surface area contributed by atoms with E-state index in [1.165, 1.54) is 13.1 Å². The van der Waals surface area contributed by atoms with Crippen molar-refractivity contribution in [3.05, 3.63) is 29.8 Å². The average molecular weight is 193 g/mol. The molecule has 1 atom stereocenters. The lowest BCUT2D eigenvalue weighted by molar-refractivity contribution is -0.110. The summed E-state index contributed by atoms with van der Waals surface area (Å²) in [5, 5.41) is 11.1. The van der Waals surface area contributed by atoms with E-state index in [9.17, 15) is 9.18 Å². The van der Waals surface area contributed by atoms with Crippen LogP contribution in [0.5, 0.6) is 0 Å². The van der Waals surface area contributed by atoms with Gasteiger partial charge in [-0.05, 0) is 13.0 Å². The average Bonchev–Trinajstić information content (AvgIpc) is 2.18. The Labute approximate surface area is 80.4 Å². The van der Waals surface area contributed by atoms with E-state index in [1.54, 1.807) is 0 Å². The molecule has 0 aromatic carbocycles. The highest BCUT2D eigenvalue weighted by Gasteiger charge is 2.26. The zero-order chi connectivity index (χ0) is 10.6. The molecule has 1 amide bonds. The maximum atomic E-state index is 12.8. The molecule has 0 saturated heterocycles. The molecule has 1 aromatic heterocycles. The summed E-state index contributed by atoms with van der Waals surface area (Å²) in [6.07, 6.45) is 2.76. The molecule has 1 unspecified atom stereocenters.